The number of hydrogen-bond acceptors (Lipinski definition) is 5. The van der Waals surface area contributed by atoms with E-state index < -0.39 is 28.5 Å². The highest BCUT2D eigenvalue weighted by Gasteiger charge is 2.28. The van der Waals surface area contributed by atoms with Crippen molar-refractivity contribution in [2.24, 2.45) is 0 Å². The third-order valence-electron chi connectivity index (χ3n) is 4.75. The Morgan fingerprint density at radius 3 is 2.41 bits per heavy atom. The van der Waals surface area contributed by atoms with Crippen LogP contribution in [0.4, 0.5) is 4.39 Å². The lowest BCUT2D eigenvalue weighted by Gasteiger charge is -2.22. The van der Waals surface area contributed by atoms with Crippen molar-refractivity contribution in [1.29, 1.82) is 0 Å². The fourth-order valence-corrected chi connectivity index (χ4v) is 4.47. The molecular formula is C23H25FN2O5S. The molecule has 0 aliphatic carbocycles. The van der Waals surface area contributed by atoms with Gasteiger partial charge in [0.25, 0.3) is 0 Å². The Kier molecular flexibility index (Phi) is 7.66. The molecule has 9 heteroatoms. The van der Waals surface area contributed by atoms with Crippen LogP contribution in [0.5, 0.6) is 5.75 Å². The number of carbonyl (C=O) groups is 1. The summed E-state index contributed by atoms with van der Waals surface area (Å²) in [5.41, 5.74) is 0.701. The van der Waals surface area contributed by atoms with Gasteiger partial charge in [-0.15, -0.1) is 0 Å². The molecule has 0 saturated heterocycles. The van der Waals surface area contributed by atoms with Gasteiger partial charge >= 0.3 is 0 Å². The van der Waals surface area contributed by atoms with Crippen molar-refractivity contribution in [3.63, 3.8) is 0 Å². The molecule has 1 aromatic heterocycles. The largest absolute Gasteiger partial charge is 0.494 e. The standard InChI is InChI=1S/C23H25FN2O5S/c1-3-30-20-10-12-22(13-11-20)32(28,29)26(15-21-5-4-14-31-21)16-23(27)25-17(2)18-6-8-19(24)9-7-18/h4-14,17H,3,15-16H2,1-2H3,(H,25,27). The monoisotopic (exact) mass is 460 g/mol. The Labute approximate surface area is 186 Å². The number of ether oxygens (including phenoxy) is 1. The molecule has 3 rings (SSSR count). The van der Waals surface area contributed by atoms with Crippen molar-refractivity contribution in [2.75, 3.05) is 13.2 Å². The van der Waals surface area contributed by atoms with Crippen LogP contribution in [0.1, 0.15) is 31.2 Å². The summed E-state index contributed by atoms with van der Waals surface area (Å²) >= 11 is 0. The Hall–Kier alpha value is -3.17. The van der Waals surface area contributed by atoms with Gasteiger partial charge in [0.1, 0.15) is 17.3 Å². The van der Waals surface area contributed by atoms with Crippen LogP contribution in [0.2, 0.25) is 0 Å². The lowest BCUT2D eigenvalue weighted by Crippen LogP contribution is -2.41. The molecule has 1 unspecified atom stereocenters. The number of nitrogens with zero attached hydrogens (tertiary/aromatic N) is 1. The summed E-state index contributed by atoms with van der Waals surface area (Å²) in [4.78, 5) is 12.7. The van der Waals surface area contributed by atoms with E-state index in [2.05, 4.69) is 5.32 Å². The number of rotatable bonds is 10. The Morgan fingerprint density at radius 2 is 1.81 bits per heavy atom. The quantitative estimate of drug-likeness (QED) is 0.496. The summed E-state index contributed by atoms with van der Waals surface area (Å²) in [6, 6.07) is 14.6. The number of amides is 1. The second kappa shape index (κ2) is 10.4. The van der Waals surface area contributed by atoms with Crippen molar-refractivity contribution in [3.05, 3.63) is 84.1 Å². The number of sulfonamides is 1. The smallest absolute Gasteiger partial charge is 0.243 e. The molecule has 0 spiro atoms. The number of hydrogen-bond donors (Lipinski definition) is 1. The second-order valence-electron chi connectivity index (χ2n) is 7.10. The number of furan rings is 1. The van der Waals surface area contributed by atoms with Crippen LogP contribution in [0, 0.1) is 5.82 Å². The van der Waals surface area contributed by atoms with E-state index in [4.69, 9.17) is 9.15 Å². The van der Waals surface area contributed by atoms with Gasteiger partial charge in [-0.3, -0.25) is 4.79 Å². The topological polar surface area (TPSA) is 88.9 Å². The van der Waals surface area contributed by atoms with E-state index in [-0.39, 0.29) is 17.3 Å². The van der Waals surface area contributed by atoms with Gasteiger partial charge < -0.3 is 14.5 Å². The zero-order chi connectivity index (χ0) is 23.1. The van der Waals surface area contributed by atoms with E-state index in [1.165, 1.54) is 30.5 Å². The molecule has 0 radical (unpaired) electrons. The van der Waals surface area contributed by atoms with E-state index in [0.29, 0.717) is 23.7 Å². The molecule has 1 N–H and O–H groups in total. The van der Waals surface area contributed by atoms with E-state index in [1.54, 1.807) is 43.3 Å². The van der Waals surface area contributed by atoms with E-state index in [1.807, 2.05) is 6.92 Å². The molecule has 0 aliphatic rings. The molecule has 0 bridgehead atoms. The SMILES string of the molecule is CCOc1ccc(S(=O)(=O)N(CC(=O)NC(C)c2ccc(F)cc2)Cc2ccco2)cc1. The highest BCUT2D eigenvalue weighted by atomic mass is 32.2. The normalized spacial score (nSPS) is 12.5. The molecule has 1 heterocycles. The fourth-order valence-electron chi connectivity index (χ4n) is 3.11. The van der Waals surface area contributed by atoms with Crippen molar-refractivity contribution in [1.82, 2.24) is 9.62 Å². The average molecular weight is 461 g/mol. The fraction of sp³-hybridized carbons (Fsp3) is 0.261. The Morgan fingerprint density at radius 1 is 1.12 bits per heavy atom. The van der Waals surface area contributed by atoms with Crippen molar-refractivity contribution >= 4 is 15.9 Å². The van der Waals surface area contributed by atoms with E-state index in [0.717, 1.165) is 4.31 Å². The van der Waals surface area contributed by atoms with Crippen LogP contribution in [0.3, 0.4) is 0 Å². The minimum atomic E-state index is -4.00. The zero-order valence-electron chi connectivity index (χ0n) is 17.8. The number of benzene rings is 2. The van der Waals surface area contributed by atoms with Crippen LogP contribution < -0.4 is 10.1 Å². The molecule has 0 saturated carbocycles. The lowest BCUT2D eigenvalue weighted by molar-refractivity contribution is -0.122. The summed E-state index contributed by atoms with van der Waals surface area (Å²) in [5.74, 6) is 0.0787. The van der Waals surface area contributed by atoms with Gasteiger partial charge in [-0.2, -0.15) is 4.31 Å². The zero-order valence-corrected chi connectivity index (χ0v) is 18.6. The van der Waals surface area contributed by atoms with Crippen molar-refractivity contribution in [3.8, 4) is 5.75 Å². The Balaban J connectivity index is 1.78. The summed E-state index contributed by atoms with van der Waals surface area (Å²) < 4.78 is 51.4. The maximum Gasteiger partial charge on any atom is 0.243 e. The molecule has 170 valence electrons. The molecule has 32 heavy (non-hydrogen) atoms. The van der Waals surface area contributed by atoms with Crippen molar-refractivity contribution in [2.45, 2.75) is 31.3 Å². The third kappa shape index (κ3) is 5.95. The minimum Gasteiger partial charge on any atom is -0.494 e. The maximum atomic E-state index is 13.3. The number of carbonyl (C=O) groups excluding carboxylic acids is 1. The second-order valence-corrected chi connectivity index (χ2v) is 9.04. The van der Waals surface area contributed by atoms with Gasteiger partial charge in [0.05, 0.1) is 36.9 Å². The third-order valence-corrected chi connectivity index (χ3v) is 6.56. The van der Waals surface area contributed by atoms with Gasteiger partial charge in [0.2, 0.25) is 15.9 Å². The molecule has 7 nitrogen and oxygen atoms in total. The van der Waals surface area contributed by atoms with Crippen LogP contribution >= 0.6 is 0 Å². The molecule has 0 aliphatic heterocycles. The Bertz CT molecular complexity index is 1110. The number of nitrogens with one attached hydrogen (secondary N) is 1. The first-order valence-corrected chi connectivity index (χ1v) is 11.5. The minimum absolute atomic E-state index is 0.0342. The molecular weight excluding hydrogens is 435 g/mol. The first-order chi connectivity index (χ1) is 15.3. The summed E-state index contributed by atoms with van der Waals surface area (Å²) in [5, 5.41) is 2.76. The highest BCUT2D eigenvalue weighted by molar-refractivity contribution is 7.89. The van der Waals surface area contributed by atoms with Crippen LogP contribution in [0.15, 0.2) is 76.2 Å². The van der Waals surface area contributed by atoms with Crippen LogP contribution in [-0.2, 0) is 21.4 Å². The molecule has 2 aromatic carbocycles. The lowest BCUT2D eigenvalue weighted by atomic mass is 10.1. The first-order valence-electron chi connectivity index (χ1n) is 10.1. The predicted octanol–water partition coefficient (Wildman–Crippen LogP) is 3.89. The predicted molar refractivity (Wildman–Crippen MR) is 117 cm³/mol. The molecule has 0 fully saturated rings. The van der Waals surface area contributed by atoms with Crippen LogP contribution in [0.25, 0.3) is 0 Å². The van der Waals surface area contributed by atoms with E-state index >= 15 is 0 Å². The molecule has 3 aromatic rings. The summed E-state index contributed by atoms with van der Waals surface area (Å²) in [7, 11) is -4.00. The summed E-state index contributed by atoms with van der Waals surface area (Å²) in [6.45, 7) is 3.51. The van der Waals surface area contributed by atoms with Gasteiger partial charge in [0.15, 0.2) is 0 Å². The summed E-state index contributed by atoms with van der Waals surface area (Å²) in [6.07, 6.45) is 1.44. The van der Waals surface area contributed by atoms with Gasteiger partial charge in [-0.25, -0.2) is 12.8 Å². The van der Waals surface area contributed by atoms with Crippen LogP contribution in [-0.4, -0.2) is 31.8 Å². The number of halogens is 1. The highest BCUT2D eigenvalue weighted by Crippen LogP contribution is 2.22. The molecule has 1 amide bonds. The van der Waals surface area contributed by atoms with Gasteiger partial charge in [-0.05, 0) is 67.9 Å². The molecule has 1 atom stereocenters. The van der Waals surface area contributed by atoms with Crippen molar-refractivity contribution < 1.29 is 26.8 Å². The average Bonchev–Trinajstić information content (AvgIpc) is 3.27. The van der Waals surface area contributed by atoms with Gasteiger partial charge in [0, 0.05) is 0 Å². The first kappa shape index (κ1) is 23.5. The van der Waals surface area contributed by atoms with E-state index in [9.17, 15) is 17.6 Å². The maximum absolute atomic E-state index is 13.3. The van der Waals surface area contributed by atoms with Gasteiger partial charge in [-0.1, -0.05) is 12.1 Å².